The third-order valence-corrected chi connectivity index (χ3v) is 4.21. The monoisotopic (exact) mass is 302 g/mol. The second-order valence-corrected chi connectivity index (χ2v) is 5.54. The smallest absolute Gasteiger partial charge is 0.254 e. The lowest BCUT2D eigenvalue weighted by molar-refractivity contribution is 0.0742. The van der Waals surface area contributed by atoms with Crippen LogP contribution in [0.5, 0.6) is 0 Å². The van der Waals surface area contributed by atoms with Gasteiger partial charge in [-0.2, -0.15) is 0 Å². The van der Waals surface area contributed by atoms with Crippen LogP contribution in [0.1, 0.15) is 34.5 Å². The number of nitrogens with zero attached hydrogens (tertiary/aromatic N) is 1. The summed E-state index contributed by atoms with van der Waals surface area (Å²) in [5.74, 6) is -0.0628. The number of nitrogen functional groups attached to an aromatic ring is 1. The van der Waals surface area contributed by atoms with E-state index in [9.17, 15) is 4.79 Å². The molecule has 21 heavy (non-hydrogen) atoms. The van der Waals surface area contributed by atoms with Crippen LogP contribution in [0.3, 0.4) is 0 Å². The molecule has 1 amide bonds. The van der Waals surface area contributed by atoms with Crippen LogP contribution in [0.25, 0.3) is 0 Å². The highest BCUT2D eigenvalue weighted by Gasteiger charge is 2.22. The van der Waals surface area contributed by atoms with Gasteiger partial charge < -0.3 is 10.6 Å². The van der Waals surface area contributed by atoms with Crippen LogP contribution < -0.4 is 5.73 Å². The Hall–Kier alpha value is -2.00. The fraction of sp³-hybridized carbons (Fsp3) is 0.235. The van der Waals surface area contributed by atoms with E-state index in [1.165, 1.54) is 0 Å². The molecule has 4 heteroatoms. The van der Waals surface area contributed by atoms with Crippen molar-refractivity contribution in [3.8, 4) is 0 Å². The molecule has 0 bridgehead atoms. The topological polar surface area (TPSA) is 46.3 Å². The van der Waals surface area contributed by atoms with Gasteiger partial charge >= 0.3 is 0 Å². The first-order valence-electron chi connectivity index (χ1n) is 6.80. The summed E-state index contributed by atoms with van der Waals surface area (Å²) in [5, 5.41) is 0.661. The first-order chi connectivity index (χ1) is 9.93. The quantitative estimate of drug-likeness (QED) is 0.869. The average Bonchev–Trinajstić information content (AvgIpc) is 2.48. The highest BCUT2D eigenvalue weighted by Crippen LogP contribution is 2.28. The van der Waals surface area contributed by atoms with Gasteiger partial charge in [-0.05, 0) is 43.2 Å². The summed E-state index contributed by atoms with van der Waals surface area (Å²) < 4.78 is 0. The largest absolute Gasteiger partial charge is 0.398 e. The number of hydrogen-bond acceptors (Lipinski definition) is 2. The van der Waals surface area contributed by atoms with E-state index in [4.69, 9.17) is 17.3 Å². The zero-order chi connectivity index (χ0) is 15.6. The van der Waals surface area contributed by atoms with Crippen molar-refractivity contribution in [3.63, 3.8) is 0 Å². The fourth-order valence-corrected chi connectivity index (χ4v) is 2.57. The molecule has 0 radical (unpaired) electrons. The Kier molecular flexibility index (Phi) is 4.53. The number of amides is 1. The summed E-state index contributed by atoms with van der Waals surface area (Å²) in [6.45, 7) is 3.82. The van der Waals surface area contributed by atoms with Gasteiger partial charge in [-0.25, -0.2) is 0 Å². The van der Waals surface area contributed by atoms with Crippen molar-refractivity contribution in [2.24, 2.45) is 0 Å². The standard InChI is InChI=1S/C17H19ClN2O/c1-11-13(8-6-10-16(11)19)17(21)20(3)12(2)14-7-4-5-9-15(14)18/h4-10,12H,19H2,1-3H3. The lowest BCUT2D eigenvalue weighted by atomic mass is 10.0. The molecular weight excluding hydrogens is 284 g/mol. The number of nitrogens with two attached hydrogens (primary N) is 1. The van der Waals surface area contributed by atoms with E-state index in [2.05, 4.69) is 0 Å². The molecule has 0 spiro atoms. The van der Waals surface area contributed by atoms with Gasteiger partial charge in [0.05, 0.1) is 6.04 Å². The molecule has 2 N–H and O–H groups in total. The molecule has 0 heterocycles. The molecule has 2 aromatic carbocycles. The number of carbonyl (C=O) groups excluding carboxylic acids is 1. The van der Waals surface area contributed by atoms with Gasteiger partial charge in [0, 0.05) is 23.3 Å². The molecule has 1 atom stereocenters. The molecule has 2 aromatic rings. The van der Waals surface area contributed by atoms with Crippen molar-refractivity contribution in [3.05, 3.63) is 64.2 Å². The summed E-state index contributed by atoms with van der Waals surface area (Å²) >= 11 is 6.21. The molecule has 0 aliphatic carbocycles. The van der Waals surface area contributed by atoms with Gasteiger partial charge in [0.1, 0.15) is 0 Å². The van der Waals surface area contributed by atoms with E-state index in [1.807, 2.05) is 38.1 Å². The van der Waals surface area contributed by atoms with Gasteiger partial charge in [0.2, 0.25) is 0 Å². The van der Waals surface area contributed by atoms with Crippen LogP contribution in [0, 0.1) is 6.92 Å². The fourth-order valence-electron chi connectivity index (χ4n) is 2.27. The highest BCUT2D eigenvalue weighted by atomic mass is 35.5. The maximum atomic E-state index is 12.7. The lowest BCUT2D eigenvalue weighted by Crippen LogP contribution is -2.30. The Balaban J connectivity index is 2.31. The molecule has 0 aliphatic rings. The maximum absolute atomic E-state index is 12.7. The zero-order valence-corrected chi connectivity index (χ0v) is 13.2. The van der Waals surface area contributed by atoms with Gasteiger partial charge in [-0.1, -0.05) is 35.9 Å². The Morgan fingerprint density at radius 2 is 1.86 bits per heavy atom. The maximum Gasteiger partial charge on any atom is 0.254 e. The minimum atomic E-state index is -0.118. The van der Waals surface area contributed by atoms with Crippen LogP contribution in [-0.4, -0.2) is 17.9 Å². The van der Waals surface area contributed by atoms with Gasteiger partial charge in [-0.15, -0.1) is 0 Å². The number of halogens is 1. The lowest BCUT2D eigenvalue weighted by Gasteiger charge is -2.27. The van der Waals surface area contributed by atoms with Crippen molar-refractivity contribution in [2.75, 3.05) is 12.8 Å². The Bertz CT molecular complexity index is 670. The number of rotatable bonds is 3. The van der Waals surface area contributed by atoms with Crippen molar-refractivity contribution >= 4 is 23.2 Å². The summed E-state index contributed by atoms with van der Waals surface area (Å²) in [5.41, 5.74) is 8.86. The third-order valence-electron chi connectivity index (χ3n) is 3.86. The molecule has 0 saturated heterocycles. The van der Waals surface area contributed by atoms with Crippen molar-refractivity contribution < 1.29 is 4.79 Å². The molecule has 0 aromatic heterocycles. The molecule has 110 valence electrons. The summed E-state index contributed by atoms with van der Waals surface area (Å²) in [4.78, 5) is 14.4. The summed E-state index contributed by atoms with van der Waals surface area (Å²) in [7, 11) is 1.78. The van der Waals surface area contributed by atoms with E-state index < -0.39 is 0 Å². The Morgan fingerprint density at radius 3 is 2.52 bits per heavy atom. The van der Waals surface area contributed by atoms with E-state index in [1.54, 1.807) is 30.1 Å². The predicted molar refractivity (Wildman–Crippen MR) is 87.6 cm³/mol. The molecule has 2 rings (SSSR count). The molecule has 0 aliphatic heterocycles. The van der Waals surface area contributed by atoms with Crippen LogP contribution in [0.2, 0.25) is 5.02 Å². The van der Waals surface area contributed by atoms with Crippen molar-refractivity contribution in [1.82, 2.24) is 4.90 Å². The first-order valence-corrected chi connectivity index (χ1v) is 7.18. The molecule has 0 saturated carbocycles. The normalized spacial score (nSPS) is 12.0. The van der Waals surface area contributed by atoms with Crippen LogP contribution in [0.15, 0.2) is 42.5 Å². The summed E-state index contributed by atoms with van der Waals surface area (Å²) in [6, 6.07) is 12.8. The van der Waals surface area contributed by atoms with E-state index in [0.29, 0.717) is 16.3 Å². The van der Waals surface area contributed by atoms with Gasteiger partial charge in [0.25, 0.3) is 5.91 Å². The molecular formula is C17H19ClN2O. The second-order valence-electron chi connectivity index (χ2n) is 5.13. The van der Waals surface area contributed by atoms with Gasteiger partial charge in [0.15, 0.2) is 0 Å². The number of benzene rings is 2. The van der Waals surface area contributed by atoms with Gasteiger partial charge in [-0.3, -0.25) is 4.79 Å². The van der Waals surface area contributed by atoms with E-state index >= 15 is 0 Å². The minimum absolute atomic E-state index is 0.0628. The molecule has 0 fully saturated rings. The van der Waals surface area contributed by atoms with Crippen LogP contribution in [0.4, 0.5) is 5.69 Å². The number of carbonyl (C=O) groups is 1. The number of hydrogen-bond donors (Lipinski definition) is 1. The first kappa shape index (κ1) is 15.4. The van der Waals surface area contributed by atoms with Crippen molar-refractivity contribution in [2.45, 2.75) is 19.9 Å². The highest BCUT2D eigenvalue weighted by molar-refractivity contribution is 6.31. The van der Waals surface area contributed by atoms with E-state index in [0.717, 1.165) is 11.1 Å². The zero-order valence-electron chi connectivity index (χ0n) is 12.4. The Labute approximate surface area is 130 Å². The predicted octanol–water partition coefficient (Wildman–Crippen LogP) is 4.06. The second kappa shape index (κ2) is 6.19. The molecule has 3 nitrogen and oxygen atoms in total. The van der Waals surface area contributed by atoms with Crippen LogP contribution in [-0.2, 0) is 0 Å². The number of anilines is 1. The Morgan fingerprint density at radius 1 is 1.19 bits per heavy atom. The van der Waals surface area contributed by atoms with Crippen LogP contribution >= 0.6 is 11.6 Å². The van der Waals surface area contributed by atoms with Crippen molar-refractivity contribution in [1.29, 1.82) is 0 Å². The minimum Gasteiger partial charge on any atom is -0.398 e. The molecule has 1 unspecified atom stereocenters. The SMILES string of the molecule is Cc1c(N)cccc1C(=O)N(C)C(C)c1ccccc1Cl. The third kappa shape index (κ3) is 3.03. The summed E-state index contributed by atoms with van der Waals surface area (Å²) in [6.07, 6.45) is 0. The average molecular weight is 303 g/mol. The van der Waals surface area contributed by atoms with E-state index in [-0.39, 0.29) is 11.9 Å².